The number of hydrogen-bond acceptors (Lipinski definition) is 5. The zero-order valence-electron chi connectivity index (χ0n) is 12.4. The van der Waals surface area contributed by atoms with Gasteiger partial charge in [0.15, 0.2) is 17.3 Å². The molecule has 1 saturated heterocycles. The summed E-state index contributed by atoms with van der Waals surface area (Å²) in [5, 5.41) is 0. The molecule has 1 aromatic carbocycles. The predicted molar refractivity (Wildman–Crippen MR) is 76.6 cm³/mol. The summed E-state index contributed by atoms with van der Waals surface area (Å²) >= 11 is 0. The Morgan fingerprint density at radius 2 is 2.05 bits per heavy atom. The van der Waals surface area contributed by atoms with Crippen molar-refractivity contribution in [2.45, 2.75) is 32.3 Å². The van der Waals surface area contributed by atoms with Gasteiger partial charge in [0.1, 0.15) is 6.10 Å². The second-order valence-corrected chi connectivity index (χ2v) is 5.05. The normalized spacial score (nSPS) is 21.3. The third-order valence-electron chi connectivity index (χ3n) is 3.02. The molecule has 0 unspecified atom stereocenters. The number of hydrogen-bond donors (Lipinski definition) is 0. The maximum absolute atomic E-state index is 5.65. The summed E-state index contributed by atoms with van der Waals surface area (Å²) in [7, 11) is 3.24. The van der Waals surface area contributed by atoms with E-state index in [9.17, 15) is 0 Å². The second kappa shape index (κ2) is 6.24. The van der Waals surface area contributed by atoms with Crippen LogP contribution in [0.25, 0.3) is 0 Å². The maximum Gasteiger partial charge on any atom is 0.163 e. The molecule has 1 aliphatic heterocycles. The van der Waals surface area contributed by atoms with Gasteiger partial charge in [0.25, 0.3) is 0 Å². The van der Waals surface area contributed by atoms with E-state index in [1.165, 1.54) is 0 Å². The Morgan fingerprint density at radius 1 is 1.30 bits per heavy atom. The van der Waals surface area contributed by atoms with Crippen molar-refractivity contribution in [3.63, 3.8) is 0 Å². The molecule has 5 heteroatoms. The molecule has 5 nitrogen and oxygen atoms in total. The van der Waals surface area contributed by atoms with Crippen LogP contribution in [0, 0.1) is 0 Å². The smallest absolute Gasteiger partial charge is 0.163 e. The van der Waals surface area contributed by atoms with Crippen molar-refractivity contribution in [2.24, 2.45) is 4.99 Å². The number of methoxy groups -OCH3 is 2. The lowest BCUT2D eigenvalue weighted by Crippen LogP contribution is -2.21. The van der Waals surface area contributed by atoms with Crippen molar-refractivity contribution in [1.29, 1.82) is 0 Å². The Morgan fingerprint density at radius 3 is 2.65 bits per heavy atom. The number of ether oxygens (including phenoxy) is 4. The average molecular weight is 279 g/mol. The Bertz CT molecular complexity index is 485. The quantitative estimate of drug-likeness (QED) is 0.777. The van der Waals surface area contributed by atoms with E-state index >= 15 is 0 Å². The van der Waals surface area contributed by atoms with Crippen LogP contribution in [0.15, 0.2) is 23.2 Å². The molecule has 110 valence electrons. The topological polar surface area (TPSA) is 49.3 Å². The third kappa shape index (κ3) is 3.71. The SMILES string of the molecule is COc1ccc(CN=C[C@@H]2COC(C)(C)O2)cc1OC. The van der Waals surface area contributed by atoms with Crippen LogP contribution in [0.3, 0.4) is 0 Å². The lowest BCUT2D eigenvalue weighted by molar-refractivity contribution is -0.130. The van der Waals surface area contributed by atoms with Crippen LogP contribution in [-0.4, -0.2) is 38.9 Å². The summed E-state index contributed by atoms with van der Waals surface area (Å²) in [5.74, 6) is 0.913. The van der Waals surface area contributed by atoms with Crippen LogP contribution in [0.4, 0.5) is 0 Å². The van der Waals surface area contributed by atoms with Gasteiger partial charge in [-0.2, -0.15) is 0 Å². The van der Waals surface area contributed by atoms with Crippen molar-refractivity contribution < 1.29 is 18.9 Å². The Balaban J connectivity index is 1.94. The zero-order chi connectivity index (χ0) is 14.6. The van der Waals surface area contributed by atoms with E-state index in [-0.39, 0.29) is 6.10 Å². The van der Waals surface area contributed by atoms with Crippen LogP contribution < -0.4 is 9.47 Å². The average Bonchev–Trinajstić information content (AvgIpc) is 2.78. The van der Waals surface area contributed by atoms with Crippen molar-refractivity contribution in [3.05, 3.63) is 23.8 Å². The highest BCUT2D eigenvalue weighted by molar-refractivity contribution is 5.63. The molecular formula is C15H21NO4. The fourth-order valence-electron chi connectivity index (χ4n) is 2.04. The molecular weight excluding hydrogens is 258 g/mol. The van der Waals surface area contributed by atoms with Gasteiger partial charge < -0.3 is 18.9 Å². The van der Waals surface area contributed by atoms with E-state index in [1.54, 1.807) is 20.4 Å². The number of aliphatic imine (C=N–C) groups is 1. The Labute approximate surface area is 119 Å². The summed E-state index contributed by atoms with van der Waals surface area (Å²) < 4.78 is 21.6. The van der Waals surface area contributed by atoms with E-state index in [0.29, 0.717) is 18.9 Å². The fourth-order valence-corrected chi connectivity index (χ4v) is 2.04. The first-order chi connectivity index (χ1) is 9.54. The molecule has 0 radical (unpaired) electrons. The number of nitrogens with zero attached hydrogens (tertiary/aromatic N) is 1. The van der Waals surface area contributed by atoms with E-state index in [2.05, 4.69) is 4.99 Å². The van der Waals surface area contributed by atoms with Crippen LogP contribution in [0.2, 0.25) is 0 Å². The molecule has 1 fully saturated rings. The zero-order valence-corrected chi connectivity index (χ0v) is 12.4. The summed E-state index contributed by atoms with van der Waals surface area (Å²) in [6, 6.07) is 5.77. The minimum Gasteiger partial charge on any atom is -0.493 e. The standard InChI is InChI=1S/C15H21NO4/c1-15(2)19-10-12(20-15)9-16-8-11-5-6-13(17-3)14(7-11)18-4/h5-7,9,12H,8,10H2,1-4H3/t12-/m1/s1. The highest BCUT2D eigenvalue weighted by Gasteiger charge is 2.31. The van der Waals surface area contributed by atoms with Gasteiger partial charge in [-0.3, -0.25) is 4.99 Å². The van der Waals surface area contributed by atoms with Crippen LogP contribution >= 0.6 is 0 Å². The van der Waals surface area contributed by atoms with Crippen molar-refractivity contribution in [3.8, 4) is 11.5 Å². The molecule has 0 saturated carbocycles. The first-order valence-electron chi connectivity index (χ1n) is 6.56. The maximum atomic E-state index is 5.65. The highest BCUT2D eigenvalue weighted by atomic mass is 16.7. The number of benzene rings is 1. The molecule has 0 N–H and O–H groups in total. The molecule has 1 heterocycles. The molecule has 20 heavy (non-hydrogen) atoms. The van der Waals surface area contributed by atoms with E-state index in [4.69, 9.17) is 18.9 Å². The second-order valence-electron chi connectivity index (χ2n) is 5.05. The van der Waals surface area contributed by atoms with Gasteiger partial charge in [0.05, 0.1) is 27.4 Å². The molecule has 1 aromatic rings. The van der Waals surface area contributed by atoms with Gasteiger partial charge >= 0.3 is 0 Å². The van der Waals surface area contributed by atoms with Crippen molar-refractivity contribution >= 4 is 6.21 Å². The molecule has 1 aliphatic rings. The highest BCUT2D eigenvalue weighted by Crippen LogP contribution is 2.27. The van der Waals surface area contributed by atoms with Gasteiger partial charge in [0, 0.05) is 6.21 Å². The van der Waals surface area contributed by atoms with Crippen LogP contribution in [0.5, 0.6) is 11.5 Å². The summed E-state index contributed by atoms with van der Waals surface area (Å²) in [5.41, 5.74) is 1.05. The minimum absolute atomic E-state index is 0.0786. The van der Waals surface area contributed by atoms with Crippen molar-refractivity contribution in [1.82, 2.24) is 0 Å². The monoisotopic (exact) mass is 279 g/mol. The molecule has 0 amide bonds. The molecule has 0 aromatic heterocycles. The first-order valence-corrected chi connectivity index (χ1v) is 6.56. The summed E-state index contributed by atoms with van der Waals surface area (Å²) in [4.78, 5) is 4.39. The van der Waals surface area contributed by atoms with Gasteiger partial charge in [-0.15, -0.1) is 0 Å². The third-order valence-corrected chi connectivity index (χ3v) is 3.02. The molecule has 2 rings (SSSR count). The van der Waals surface area contributed by atoms with E-state index in [0.717, 1.165) is 11.3 Å². The molecule has 0 aliphatic carbocycles. The molecule has 1 atom stereocenters. The molecule has 0 bridgehead atoms. The largest absolute Gasteiger partial charge is 0.493 e. The number of rotatable bonds is 5. The van der Waals surface area contributed by atoms with E-state index in [1.807, 2.05) is 32.0 Å². The minimum atomic E-state index is -0.514. The Kier molecular flexibility index (Phi) is 4.62. The predicted octanol–water partition coefficient (Wildman–Crippen LogP) is 2.43. The first kappa shape index (κ1) is 14.8. The lowest BCUT2D eigenvalue weighted by Gasteiger charge is -2.15. The van der Waals surface area contributed by atoms with E-state index < -0.39 is 5.79 Å². The van der Waals surface area contributed by atoms with Gasteiger partial charge in [-0.1, -0.05) is 6.07 Å². The Hall–Kier alpha value is -1.59. The van der Waals surface area contributed by atoms with Gasteiger partial charge in [-0.05, 0) is 31.5 Å². The molecule has 0 spiro atoms. The fraction of sp³-hybridized carbons (Fsp3) is 0.533. The summed E-state index contributed by atoms with van der Waals surface area (Å²) in [6.07, 6.45) is 1.72. The van der Waals surface area contributed by atoms with Crippen LogP contribution in [0.1, 0.15) is 19.4 Å². The summed E-state index contributed by atoms with van der Waals surface area (Å²) in [6.45, 7) is 4.91. The van der Waals surface area contributed by atoms with Crippen molar-refractivity contribution in [2.75, 3.05) is 20.8 Å². The van der Waals surface area contributed by atoms with Crippen LogP contribution in [-0.2, 0) is 16.0 Å². The van der Waals surface area contributed by atoms with Gasteiger partial charge in [0.2, 0.25) is 0 Å². The van der Waals surface area contributed by atoms with Gasteiger partial charge in [-0.25, -0.2) is 0 Å². The lowest BCUT2D eigenvalue weighted by atomic mass is 10.2.